The van der Waals surface area contributed by atoms with E-state index in [0.29, 0.717) is 12.1 Å². The molecule has 2 atom stereocenters. The molecule has 2 aromatic carbocycles. The highest BCUT2D eigenvalue weighted by Crippen LogP contribution is 2.19. The molecule has 1 aliphatic heterocycles. The Morgan fingerprint density at radius 1 is 1.08 bits per heavy atom. The van der Waals surface area contributed by atoms with Crippen LogP contribution in [0.2, 0.25) is 0 Å². The monoisotopic (exact) mass is 528 g/mol. The number of rotatable bonds is 7. The highest BCUT2D eigenvalue weighted by molar-refractivity contribution is 5.89. The largest absolute Gasteiger partial charge is 0.444 e. The Bertz CT molecular complexity index is 1040. The van der Waals surface area contributed by atoms with Crippen LogP contribution in [-0.4, -0.2) is 53.7 Å². The molecule has 1 aliphatic rings. The number of nitrogens with zero attached hydrogens (tertiary/aromatic N) is 1. The molecule has 0 bridgehead atoms. The Balaban J connectivity index is 0.000000352. The summed E-state index contributed by atoms with van der Waals surface area (Å²) in [5.41, 5.74) is 0.638. The van der Waals surface area contributed by atoms with E-state index in [2.05, 4.69) is 16.0 Å². The molecule has 9 heteroatoms. The molecule has 0 spiro atoms. The Labute approximate surface area is 225 Å². The van der Waals surface area contributed by atoms with Gasteiger partial charge in [-0.1, -0.05) is 36.4 Å². The van der Waals surface area contributed by atoms with E-state index in [1.165, 1.54) is 6.07 Å². The molecule has 0 saturated carbocycles. The van der Waals surface area contributed by atoms with Crippen molar-refractivity contribution >= 4 is 23.7 Å². The Morgan fingerprint density at radius 2 is 1.74 bits per heavy atom. The van der Waals surface area contributed by atoms with E-state index in [1.54, 1.807) is 39.0 Å². The van der Waals surface area contributed by atoms with Gasteiger partial charge in [-0.25, -0.2) is 14.0 Å². The van der Waals surface area contributed by atoms with Gasteiger partial charge in [0.2, 0.25) is 5.91 Å². The number of likely N-dealkylation sites (tertiary alicyclic amines) is 1. The van der Waals surface area contributed by atoms with Crippen LogP contribution in [0.1, 0.15) is 59.4 Å². The van der Waals surface area contributed by atoms with Crippen LogP contribution in [0.3, 0.4) is 0 Å². The van der Waals surface area contributed by atoms with Crippen LogP contribution in [0, 0.1) is 5.82 Å². The van der Waals surface area contributed by atoms with Gasteiger partial charge in [-0.15, -0.1) is 0 Å². The minimum absolute atomic E-state index is 0.0209. The van der Waals surface area contributed by atoms with Crippen LogP contribution in [-0.2, 0) is 16.0 Å². The molecular weight excluding hydrogens is 487 g/mol. The number of para-hydroxylation sites is 1. The molecule has 1 unspecified atom stereocenters. The maximum atomic E-state index is 14.0. The number of amides is 4. The molecule has 0 aromatic heterocycles. The third-order valence-corrected chi connectivity index (χ3v) is 5.81. The first-order valence-electron chi connectivity index (χ1n) is 13.1. The van der Waals surface area contributed by atoms with Gasteiger partial charge in [0.15, 0.2) is 0 Å². The third kappa shape index (κ3) is 11.2. The topological polar surface area (TPSA) is 99.8 Å². The smallest absolute Gasteiger partial charge is 0.407 e. The molecule has 38 heavy (non-hydrogen) atoms. The number of benzene rings is 2. The number of hydrogen-bond acceptors (Lipinski definition) is 4. The van der Waals surface area contributed by atoms with Crippen molar-refractivity contribution in [2.75, 3.05) is 18.4 Å². The first kappa shape index (κ1) is 30.6. The Kier molecular flexibility index (Phi) is 12.0. The van der Waals surface area contributed by atoms with Crippen LogP contribution in [0.5, 0.6) is 0 Å². The standard InChI is InChI=1S/C20H29FN2O3.C9H12N2O/c1-14-8-7-11-23(14)18(24)13-16(22-19(25)26-20(2,3)4)12-15-9-5-6-10-17(15)21;1-2-10-9(12)11-8-6-4-3-5-7-8/h5-6,9-10,14,16H,7-8,11-13H2,1-4H3,(H,22,25);3-7H,2H2,1H3,(H2,10,11,12)/t14?,16-;/m1./s1. The molecule has 3 N–H and O–H groups in total. The number of anilines is 1. The van der Waals surface area contributed by atoms with Gasteiger partial charge in [-0.3, -0.25) is 4.79 Å². The van der Waals surface area contributed by atoms with Gasteiger partial charge in [-0.05, 0) is 77.6 Å². The lowest BCUT2D eigenvalue weighted by atomic mass is 10.0. The lowest BCUT2D eigenvalue weighted by Gasteiger charge is -2.26. The molecule has 8 nitrogen and oxygen atoms in total. The predicted octanol–water partition coefficient (Wildman–Crippen LogP) is 5.49. The van der Waals surface area contributed by atoms with E-state index < -0.39 is 17.7 Å². The molecule has 0 aliphatic carbocycles. The van der Waals surface area contributed by atoms with Crippen LogP contribution < -0.4 is 16.0 Å². The van der Waals surface area contributed by atoms with E-state index in [0.717, 1.165) is 25.1 Å². The zero-order valence-electron chi connectivity index (χ0n) is 23.1. The number of carbonyl (C=O) groups is 3. The van der Waals surface area contributed by atoms with Gasteiger partial charge in [0, 0.05) is 37.3 Å². The maximum Gasteiger partial charge on any atom is 0.407 e. The fourth-order valence-corrected chi connectivity index (χ4v) is 4.07. The number of urea groups is 1. The summed E-state index contributed by atoms with van der Waals surface area (Å²) < 4.78 is 19.3. The summed E-state index contributed by atoms with van der Waals surface area (Å²) in [5, 5.41) is 8.08. The maximum absolute atomic E-state index is 14.0. The zero-order chi connectivity index (χ0) is 28.1. The summed E-state index contributed by atoms with van der Waals surface area (Å²) in [6.07, 6.45) is 1.74. The number of ether oxygens (including phenoxy) is 1. The quantitative estimate of drug-likeness (QED) is 0.442. The molecule has 0 radical (unpaired) electrons. The highest BCUT2D eigenvalue weighted by atomic mass is 19.1. The highest BCUT2D eigenvalue weighted by Gasteiger charge is 2.29. The van der Waals surface area contributed by atoms with Gasteiger partial charge in [0.25, 0.3) is 0 Å². The van der Waals surface area contributed by atoms with Gasteiger partial charge in [0.05, 0.1) is 0 Å². The molecule has 3 rings (SSSR count). The molecule has 1 saturated heterocycles. The summed E-state index contributed by atoms with van der Waals surface area (Å²) in [6.45, 7) is 10.6. The molecule has 1 fully saturated rings. The van der Waals surface area contributed by atoms with E-state index in [-0.39, 0.29) is 36.6 Å². The van der Waals surface area contributed by atoms with Gasteiger partial charge >= 0.3 is 12.1 Å². The van der Waals surface area contributed by atoms with Crippen molar-refractivity contribution in [3.05, 3.63) is 66.0 Å². The number of alkyl carbamates (subject to hydrolysis) is 1. The van der Waals surface area contributed by atoms with Crippen LogP contribution in [0.4, 0.5) is 19.7 Å². The van der Waals surface area contributed by atoms with Gasteiger partial charge < -0.3 is 25.6 Å². The predicted molar refractivity (Wildman–Crippen MR) is 147 cm³/mol. The van der Waals surface area contributed by atoms with Gasteiger partial charge in [-0.2, -0.15) is 0 Å². The number of hydrogen-bond donors (Lipinski definition) is 3. The first-order chi connectivity index (χ1) is 18.0. The second-order valence-electron chi connectivity index (χ2n) is 10.3. The third-order valence-electron chi connectivity index (χ3n) is 5.81. The van der Waals surface area contributed by atoms with E-state index in [1.807, 2.05) is 49.1 Å². The van der Waals surface area contributed by atoms with E-state index >= 15 is 0 Å². The summed E-state index contributed by atoms with van der Waals surface area (Å²) in [6, 6.07) is 15.3. The summed E-state index contributed by atoms with van der Waals surface area (Å²) >= 11 is 0. The van der Waals surface area contributed by atoms with Crippen LogP contribution in [0.25, 0.3) is 0 Å². The minimum atomic E-state index is -0.639. The van der Waals surface area contributed by atoms with Crippen molar-refractivity contribution in [2.24, 2.45) is 0 Å². The lowest BCUT2D eigenvalue weighted by molar-refractivity contribution is -0.132. The van der Waals surface area contributed by atoms with Crippen molar-refractivity contribution in [1.82, 2.24) is 15.5 Å². The number of nitrogens with one attached hydrogen (secondary N) is 3. The average Bonchev–Trinajstić information content (AvgIpc) is 3.26. The fraction of sp³-hybridized carbons (Fsp3) is 0.483. The van der Waals surface area contributed by atoms with E-state index in [4.69, 9.17) is 4.74 Å². The van der Waals surface area contributed by atoms with E-state index in [9.17, 15) is 18.8 Å². The zero-order valence-corrected chi connectivity index (χ0v) is 23.1. The van der Waals surface area contributed by atoms with Crippen LogP contribution >= 0.6 is 0 Å². The molecular formula is C29H41FN4O4. The van der Waals surface area contributed by atoms with Crippen molar-refractivity contribution < 1.29 is 23.5 Å². The van der Waals surface area contributed by atoms with Crippen molar-refractivity contribution in [3.8, 4) is 0 Å². The normalized spacial score (nSPS) is 15.5. The van der Waals surface area contributed by atoms with Crippen LogP contribution in [0.15, 0.2) is 54.6 Å². The first-order valence-corrected chi connectivity index (χ1v) is 13.1. The SMILES string of the molecule is CC1CCCN1C(=O)C[C@@H](Cc1ccccc1F)NC(=O)OC(C)(C)C.CCNC(=O)Nc1ccccc1. The second kappa shape index (κ2) is 15.0. The van der Waals surface area contributed by atoms with Gasteiger partial charge in [0.1, 0.15) is 11.4 Å². The van der Waals surface area contributed by atoms with Crippen molar-refractivity contribution in [2.45, 2.75) is 78.0 Å². The Hall–Kier alpha value is -3.62. The fourth-order valence-electron chi connectivity index (χ4n) is 4.07. The molecule has 2 aromatic rings. The number of halogens is 1. The van der Waals surface area contributed by atoms with Crippen molar-refractivity contribution in [3.63, 3.8) is 0 Å². The summed E-state index contributed by atoms with van der Waals surface area (Å²) in [7, 11) is 0. The number of carbonyl (C=O) groups excluding carboxylic acids is 3. The second-order valence-corrected chi connectivity index (χ2v) is 10.3. The molecule has 4 amide bonds. The molecule has 208 valence electrons. The summed E-state index contributed by atoms with van der Waals surface area (Å²) in [4.78, 5) is 37.6. The summed E-state index contributed by atoms with van der Waals surface area (Å²) in [5.74, 6) is -0.363. The Morgan fingerprint density at radius 3 is 2.32 bits per heavy atom. The van der Waals surface area contributed by atoms with Crippen molar-refractivity contribution in [1.29, 1.82) is 0 Å². The lowest BCUT2D eigenvalue weighted by Crippen LogP contribution is -2.44. The minimum Gasteiger partial charge on any atom is -0.444 e. The average molecular weight is 529 g/mol. The molecule has 1 heterocycles.